The Kier molecular flexibility index (Phi) is 2.98. The van der Waals surface area contributed by atoms with Crippen molar-refractivity contribution in [3.8, 4) is 0 Å². The Balaban J connectivity index is 2.45. The van der Waals surface area contributed by atoms with Gasteiger partial charge in [-0.05, 0) is 25.8 Å². The third kappa shape index (κ3) is 2.49. The number of nitrogens with zero attached hydrogens (tertiary/aromatic N) is 2. The van der Waals surface area contributed by atoms with Crippen LogP contribution in [0.4, 0.5) is 0 Å². The van der Waals surface area contributed by atoms with Crippen LogP contribution in [0.5, 0.6) is 0 Å². The molecule has 0 saturated heterocycles. The highest BCUT2D eigenvalue weighted by atomic mass is 15.0. The van der Waals surface area contributed by atoms with Crippen LogP contribution in [-0.2, 0) is 11.0 Å². The van der Waals surface area contributed by atoms with Crippen LogP contribution in [0, 0.1) is 6.92 Å². The first-order valence-electron chi connectivity index (χ1n) is 6.47. The largest absolute Gasteiger partial charge is 0.319 e. The van der Waals surface area contributed by atoms with Crippen LogP contribution in [0.25, 0.3) is 0 Å². The predicted octanol–water partition coefficient (Wildman–Crippen LogP) is 2.81. The zero-order valence-corrected chi connectivity index (χ0v) is 11.4. The molecule has 1 aromatic heterocycles. The maximum Gasteiger partial charge on any atom is 0.148 e. The second kappa shape index (κ2) is 4.05. The summed E-state index contributed by atoms with van der Waals surface area (Å²) in [7, 11) is 0. The van der Waals surface area contributed by atoms with Gasteiger partial charge >= 0.3 is 0 Å². The van der Waals surface area contributed by atoms with E-state index in [9.17, 15) is 0 Å². The van der Waals surface area contributed by atoms with E-state index in [1.807, 2.05) is 6.92 Å². The molecule has 0 atom stereocenters. The molecule has 0 unspecified atom stereocenters. The molecule has 1 saturated carbocycles. The maximum absolute atomic E-state index is 6.44. The fourth-order valence-corrected chi connectivity index (χ4v) is 2.40. The summed E-state index contributed by atoms with van der Waals surface area (Å²) >= 11 is 0. The lowest BCUT2D eigenvalue weighted by molar-refractivity contribution is 0.422. The zero-order valence-electron chi connectivity index (χ0n) is 11.4. The second-order valence-corrected chi connectivity index (χ2v) is 6.33. The molecule has 94 valence electrons. The minimum absolute atomic E-state index is 0.0530. The van der Waals surface area contributed by atoms with E-state index < -0.39 is 0 Å². The van der Waals surface area contributed by atoms with Crippen molar-refractivity contribution in [2.75, 3.05) is 0 Å². The van der Waals surface area contributed by atoms with Gasteiger partial charge in [-0.2, -0.15) is 0 Å². The Hall–Kier alpha value is -0.960. The van der Waals surface area contributed by atoms with Gasteiger partial charge in [0, 0.05) is 16.8 Å². The second-order valence-electron chi connectivity index (χ2n) is 6.33. The standard InChI is InChI=1S/C14H23N3/c1-10-9-11(13(2,3)4)17-12(16-10)14(15)7-5-6-8-14/h9H,5-8,15H2,1-4H3. The summed E-state index contributed by atoms with van der Waals surface area (Å²) in [4.78, 5) is 9.29. The summed E-state index contributed by atoms with van der Waals surface area (Å²) in [5, 5.41) is 0. The molecule has 0 bridgehead atoms. The van der Waals surface area contributed by atoms with Gasteiger partial charge < -0.3 is 5.73 Å². The normalized spacial score (nSPS) is 19.6. The molecule has 1 aliphatic rings. The molecule has 0 aromatic carbocycles. The Morgan fingerprint density at radius 1 is 1.18 bits per heavy atom. The Bertz CT molecular complexity index is 412. The Morgan fingerprint density at radius 3 is 2.29 bits per heavy atom. The number of nitrogens with two attached hydrogens (primary N) is 1. The topological polar surface area (TPSA) is 51.8 Å². The lowest BCUT2D eigenvalue weighted by Gasteiger charge is -2.25. The monoisotopic (exact) mass is 233 g/mol. The summed E-state index contributed by atoms with van der Waals surface area (Å²) in [5.74, 6) is 0.847. The van der Waals surface area contributed by atoms with Gasteiger partial charge in [0.25, 0.3) is 0 Å². The van der Waals surface area contributed by atoms with Crippen LogP contribution in [0.3, 0.4) is 0 Å². The summed E-state index contributed by atoms with van der Waals surface area (Å²) in [5.41, 5.74) is 8.32. The van der Waals surface area contributed by atoms with Crippen molar-refractivity contribution < 1.29 is 0 Å². The van der Waals surface area contributed by atoms with E-state index in [1.165, 1.54) is 12.8 Å². The number of hydrogen-bond acceptors (Lipinski definition) is 3. The van der Waals surface area contributed by atoms with E-state index in [2.05, 4.69) is 31.8 Å². The fraction of sp³-hybridized carbons (Fsp3) is 0.714. The first-order valence-corrected chi connectivity index (χ1v) is 6.47. The van der Waals surface area contributed by atoms with Crippen LogP contribution in [0.15, 0.2) is 6.07 Å². The van der Waals surface area contributed by atoms with Crippen molar-refractivity contribution in [1.82, 2.24) is 9.97 Å². The first kappa shape index (κ1) is 12.5. The van der Waals surface area contributed by atoms with Crippen LogP contribution < -0.4 is 5.73 Å². The molecule has 2 rings (SSSR count). The molecule has 1 fully saturated rings. The molecule has 1 aromatic rings. The van der Waals surface area contributed by atoms with E-state index >= 15 is 0 Å². The van der Waals surface area contributed by atoms with Gasteiger partial charge in [0.1, 0.15) is 5.82 Å². The third-order valence-electron chi connectivity index (χ3n) is 3.56. The molecular formula is C14H23N3. The quantitative estimate of drug-likeness (QED) is 0.811. The first-order chi connectivity index (χ1) is 7.81. The van der Waals surface area contributed by atoms with Crippen LogP contribution >= 0.6 is 0 Å². The lowest BCUT2D eigenvalue weighted by atomic mass is 9.90. The minimum Gasteiger partial charge on any atom is -0.319 e. The van der Waals surface area contributed by atoms with Crippen molar-refractivity contribution in [2.24, 2.45) is 5.73 Å². The summed E-state index contributed by atoms with van der Waals surface area (Å²) in [6.07, 6.45) is 4.41. The molecule has 3 nitrogen and oxygen atoms in total. The molecule has 1 aliphatic carbocycles. The average molecular weight is 233 g/mol. The van der Waals surface area contributed by atoms with Crippen molar-refractivity contribution in [2.45, 2.75) is 64.3 Å². The van der Waals surface area contributed by atoms with E-state index in [1.54, 1.807) is 0 Å². The fourth-order valence-electron chi connectivity index (χ4n) is 2.40. The highest BCUT2D eigenvalue weighted by Gasteiger charge is 2.35. The molecular weight excluding hydrogens is 210 g/mol. The molecule has 3 heteroatoms. The SMILES string of the molecule is Cc1cc(C(C)(C)C)nc(C2(N)CCCC2)n1. The average Bonchev–Trinajstić information content (AvgIpc) is 2.64. The molecule has 0 amide bonds. The summed E-state index contributed by atoms with van der Waals surface area (Å²) in [6.45, 7) is 8.56. The van der Waals surface area contributed by atoms with Crippen molar-refractivity contribution in [3.63, 3.8) is 0 Å². The highest BCUT2D eigenvalue weighted by molar-refractivity contribution is 5.21. The van der Waals surface area contributed by atoms with E-state index in [0.29, 0.717) is 0 Å². The smallest absolute Gasteiger partial charge is 0.148 e. The van der Waals surface area contributed by atoms with Gasteiger partial charge in [0.05, 0.1) is 5.54 Å². The lowest BCUT2D eigenvalue weighted by Crippen LogP contribution is -2.36. The molecule has 0 aliphatic heterocycles. The van der Waals surface area contributed by atoms with Gasteiger partial charge in [0.15, 0.2) is 0 Å². The zero-order chi connectivity index (χ0) is 12.7. The predicted molar refractivity (Wildman–Crippen MR) is 69.8 cm³/mol. The van der Waals surface area contributed by atoms with E-state index in [4.69, 9.17) is 10.7 Å². The van der Waals surface area contributed by atoms with Gasteiger partial charge in [-0.3, -0.25) is 0 Å². The number of hydrogen-bond donors (Lipinski definition) is 1. The molecule has 0 spiro atoms. The van der Waals surface area contributed by atoms with Crippen molar-refractivity contribution >= 4 is 0 Å². The maximum atomic E-state index is 6.44. The highest BCUT2D eigenvalue weighted by Crippen LogP contribution is 2.35. The number of aromatic nitrogens is 2. The van der Waals surface area contributed by atoms with Gasteiger partial charge in [0.2, 0.25) is 0 Å². The Morgan fingerprint density at radius 2 is 1.76 bits per heavy atom. The number of rotatable bonds is 1. The van der Waals surface area contributed by atoms with Crippen LogP contribution in [0.2, 0.25) is 0 Å². The van der Waals surface area contributed by atoms with E-state index in [0.717, 1.165) is 30.1 Å². The third-order valence-corrected chi connectivity index (χ3v) is 3.56. The van der Waals surface area contributed by atoms with Gasteiger partial charge in [-0.25, -0.2) is 9.97 Å². The van der Waals surface area contributed by atoms with Crippen molar-refractivity contribution in [1.29, 1.82) is 0 Å². The number of aryl methyl sites for hydroxylation is 1. The Labute approximate surface area is 104 Å². The molecule has 1 heterocycles. The van der Waals surface area contributed by atoms with Gasteiger partial charge in [-0.15, -0.1) is 0 Å². The van der Waals surface area contributed by atoms with Crippen LogP contribution in [-0.4, -0.2) is 9.97 Å². The molecule has 17 heavy (non-hydrogen) atoms. The molecule has 2 N–H and O–H groups in total. The van der Waals surface area contributed by atoms with Gasteiger partial charge in [-0.1, -0.05) is 33.6 Å². The molecule has 0 radical (unpaired) electrons. The minimum atomic E-state index is -0.286. The van der Waals surface area contributed by atoms with Crippen molar-refractivity contribution in [3.05, 3.63) is 23.3 Å². The summed E-state index contributed by atoms with van der Waals surface area (Å²) < 4.78 is 0. The summed E-state index contributed by atoms with van der Waals surface area (Å²) in [6, 6.07) is 2.07. The van der Waals surface area contributed by atoms with E-state index in [-0.39, 0.29) is 11.0 Å². The van der Waals surface area contributed by atoms with Crippen LogP contribution in [0.1, 0.15) is 63.7 Å².